The average Bonchev–Trinajstić information content (AvgIpc) is 2.38. The van der Waals surface area contributed by atoms with Gasteiger partial charge in [0.1, 0.15) is 16.8 Å². The van der Waals surface area contributed by atoms with Crippen molar-refractivity contribution in [1.82, 2.24) is 9.97 Å². The Bertz CT molecular complexity index is 422. The summed E-state index contributed by atoms with van der Waals surface area (Å²) < 4.78 is 0. The monoisotopic (exact) mass is 297 g/mol. The van der Waals surface area contributed by atoms with Gasteiger partial charge in [0.25, 0.3) is 0 Å². The number of hydrogen-bond acceptors (Lipinski definition) is 3. The highest BCUT2D eigenvalue weighted by atomic mass is 35.5. The van der Waals surface area contributed by atoms with E-state index in [-0.39, 0.29) is 5.41 Å². The molecule has 114 valence electrons. The lowest BCUT2D eigenvalue weighted by Gasteiger charge is -2.28. The van der Waals surface area contributed by atoms with Crippen molar-refractivity contribution in [2.24, 2.45) is 5.92 Å². The van der Waals surface area contributed by atoms with Crippen LogP contribution in [0.3, 0.4) is 0 Å². The summed E-state index contributed by atoms with van der Waals surface area (Å²) in [6, 6.07) is 1.88. The molecule has 3 nitrogen and oxygen atoms in total. The third-order valence-corrected chi connectivity index (χ3v) is 3.88. The van der Waals surface area contributed by atoms with Crippen LogP contribution in [0.1, 0.15) is 60.2 Å². The first kappa shape index (κ1) is 17.2. The number of halogens is 1. The van der Waals surface area contributed by atoms with Crippen molar-refractivity contribution in [1.29, 1.82) is 0 Å². The van der Waals surface area contributed by atoms with Crippen LogP contribution in [-0.2, 0) is 5.41 Å². The number of nitrogens with zero attached hydrogens (tertiary/aromatic N) is 3. The van der Waals surface area contributed by atoms with Crippen LogP contribution >= 0.6 is 11.6 Å². The summed E-state index contributed by atoms with van der Waals surface area (Å²) >= 11 is 6.18. The Balaban J connectivity index is 3.06. The Hall–Kier alpha value is -0.830. The second kappa shape index (κ2) is 7.26. The molecule has 1 aromatic heterocycles. The lowest BCUT2D eigenvalue weighted by Crippen LogP contribution is -2.30. The molecule has 0 aliphatic carbocycles. The lowest BCUT2D eigenvalue weighted by atomic mass is 9.96. The minimum atomic E-state index is -0.0893. The molecule has 0 amide bonds. The van der Waals surface area contributed by atoms with Crippen molar-refractivity contribution in [3.63, 3.8) is 0 Å². The fourth-order valence-corrected chi connectivity index (χ4v) is 2.32. The van der Waals surface area contributed by atoms with Gasteiger partial charge < -0.3 is 4.90 Å². The van der Waals surface area contributed by atoms with Crippen LogP contribution in [0.25, 0.3) is 0 Å². The van der Waals surface area contributed by atoms with Crippen LogP contribution in [0.2, 0.25) is 5.15 Å². The van der Waals surface area contributed by atoms with E-state index in [9.17, 15) is 0 Å². The van der Waals surface area contributed by atoms with Gasteiger partial charge in [0.05, 0.1) is 0 Å². The van der Waals surface area contributed by atoms with Gasteiger partial charge in [-0.2, -0.15) is 0 Å². The first-order chi connectivity index (χ1) is 9.31. The Morgan fingerprint density at radius 3 is 2.20 bits per heavy atom. The number of aromatic nitrogens is 2. The molecule has 0 saturated carbocycles. The summed E-state index contributed by atoms with van der Waals surface area (Å²) in [4.78, 5) is 11.4. The first-order valence-corrected chi connectivity index (χ1v) is 7.99. The van der Waals surface area contributed by atoms with Gasteiger partial charge in [0.15, 0.2) is 0 Å². The fraction of sp³-hybridized carbons (Fsp3) is 0.750. The Morgan fingerprint density at radius 1 is 1.15 bits per heavy atom. The smallest absolute Gasteiger partial charge is 0.137 e. The van der Waals surface area contributed by atoms with Crippen molar-refractivity contribution in [2.75, 3.05) is 18.0 Å². The van der Waals surface area contributed by atoms with Gasteiger partial charge in [-0.25, -0.2) is 9.97 Å². The standard InChI is InChI=1S/C16H28ClN3/c1-7-12(8-2)11-20(9-3)14-10-13(17)18-15(19-14)16(4,5)6/h10,12H,7-9,11H2,1-6H3. The highest BCUT2D eigenvalue weighted by molar-refractivity contribution is 6.29. The van der Waals surface area contributed by atoms with Gasteiger partial charge in [-0.1, -0.05) is 59.1 Å². The summed E-state index contributed by atoms with van der Waals surface area (Å²) in [5.41, 5.74) is -0.0893. The van der Waals surface area contributed by atoms with Gasteiger partial charge in [-0.15, -0.1) is 0 Å². The first-order valence-electron chi connectivity index (χ1n) is 7.61. The molecule has 20 heavy (non-hydrogen) atoms. The van der Waals surface area contributed by atoms with Crippen LogP contribution in [-0.4, -0.2) is 23.1 Å². The molecule has 0 saturated heterocycles. The third-order valence-electron chi connectivity index (χ3n) is 3.69. The molecule has 1 aromatic rings. The molecule has 1 rings (SSSR count). The summed E-state index contributed by atoms with van der Waals surface area (Å²) in [7, 11) is 0. The van der Waals surface area contributed by atoms with E-state index in [1.807, 2.05) is 6.07 Å². The zero-order chi connectivity index (χ0) is 15.3. The molecule has 4 heteroatoms. The summed E-state index contributed by atoms with van der Waals surface area (Å²) in [5, 5.41) is 0.530. The van der Waals surface area contributed by atoms with E-state index >= 15 is 0 Å². The number of rotatable bonds is 6. The molecular weight excluding hydrogens is 270 g/mol. The van der Waals surface area contributed by atoms with Crippen LogP contribution in [0.15, 0.2) is 6.07 Å². The molecule has 0 atom stereocenters. The van der Waals surface area contributed by atoms with Crippen LogP contribution in [0, 0.1) is 5.92 Å². The summed E-state index contributed by atoms with van der Waals surface area (Å²) in [6.45, 7) is 15.0. The van der Waals surface area contributed by atoms with E-state index in [2.05, 4.69) is 51.4 Å². The van der Waals surface area contributed by atoms with Gasteiger partial charge in [0, 0.05) is 24.6 Å². The van der Waals surface area contributed by atoms with E-state index < -0.39 is 0 Å². The lowest BCUT2D eigenvalue weighted by molar-refractivity contribution is 0.482. The van der Waals surface area contributed by atoms with E-state index in [4.69, 9.17) is 16.6 Å². The molecule has 0 aromatic carbocycles. The highest BCUT2D eigenvalue weighted by Crippen LogP contribution is 2.25. The molecule has 1 heterocycles. The Labute approximate surface area is 128 Å². The normalized spacial score (nSPS) is 12.0. The zero-order valence-electron chi connectivity index (χ0n) is 13.7. The van der Waals surface area contributed by atoms with E-state index in [0.717, 1.165) is 24.7 Å². The minimum absolute atomic E-state index is 0.0893. The number of hydrogen-bond donors (Lipinski definition) is 0. The SMILES string of the molecule is CCC(CC)CN(CC)c1cc(Cl)nc(C(C)(C)C)n1. The van der Waals surface area contributed by atoms with Crippen LogP contribution < -0.4 is 4.90 Å². The highest BCUT2D eigenvalue weighted by Gasteiger charge is 2.21. The fourth-order valence-electron chi connectivity index (χ4n) is 2.15. The van der Waals surface area contributed by atoms with Crippen molar-refractivity contribution >= 4 is 17.4 Å². The maximum Gasteiger partial charge on any atom is 0.137 e. The molecule has 0 unspecified atom stereocenters. The van der Waals surface area contributed by atoms with Gasteiger partial charge in [-0.05, 0) is 12.8 Å². The number of anilines is 1. The van der Waals surface area contributed by atoms with E-state index in [1.54, 1.807) is 0 Å². The zero-order valence-corrected chi connectivity index (χ0v) is 14.5. The van der Waals surface area contributed by atoms with Crippen molar-refractivity contribution in [3.8, 4) is 0 Å². The third kappa shape index (κ3) is 4.62. The largest absolute Gasteiger partial charge is 0.356 e. The van der Waals surface area contributed by atoms with Crippen molar-refractivity contribution in [2.45, 2.75) is 59.8 Å². The Kier molecular flexibility index (Phi) is 6.25. The summed E-state index contributed by atoms with van der Waals surface area (Å²) in [5.74, 6) is 2.45. The Morgan fingerprint density at radius 2 is 1.75 bits per heavy atom. The molecule has 0 radical (unpaired) electrons. The van der Waals surface area contributed by atoms with Crippen LogP contribution in [0.4, 0.5) is 5.82 Å². The molecule has 0 bridgehead atoms. The molecule has 0 N–H and O–H groups in total. The summed E-state index contributed by atoms with van der Waals surface area (Å²) in [6.07, 6.45) is 2.38. The maximum absolute atomic E-state index is 6.18. The maximum atomic E-state index is 6.18. The van der Waals surface area contributed by atoms with Crippen molar-refractivity contribution in [3.05, 3.63) is 17.0 Å². The van der Waals surface area contributed by atoms with Gasteiger partial charge in [0.2, 0.25) is 0 Å². The second-order valence-electron chi connectivity index (χ2n) is 6.34. The molecule has 0 fully saturated rings. The van der Waals surface area contributed by atoms with Gasteiger partial charge in [-0.3, -0.25) is 0 Å². The topological polar surface area (TPSA) is 29.0 Å². The van der Waals surface area contributed by atoms with E-state index in [0.29, 0.717) is 11.1 Å². The second-order valence-corrected chi connectivity index (χ2v) is 6.73. The predicted molar refractivity (Wildman–Crippen MR) is 87.7 cm³/mol. The van der Waals surface area contributed by atoms with Gasteiger partial charge >= 0.3 is 0 Å². The quantitative estimate of drug-likeness (QED) is 0.713. The average molecular weight is 298 g/mol. The minimum Gasteiger partial charge on any atom is -0.356 e. The predicted octanol–water partition coefficient (Wildman–Crippen LogP) is 4.69. The van der Waals surface area contributed by atoms with E-state index in [1.165, 1.54) is 12.8 Å². The molecular formula is C16H28ClN3. The van der Waals surface area contributed by atoms with Crippen molar-refractivity contribution < 1.29 is 0 Å². The molecule has 0 aliphatic heterocycles. The molecule has 0 aliphatic rings. The van der Waals surface area contributed by atoms with Crippen LogP contribution in [0.5, 0.6) is 0 Å². The molecule has 0 spiro atoms.